The van der Waals surface area contributed by atoms with E-state index in [1.165, 1.54) is 0 Å². The number of hydrogen-bond donors (Lipinski definition) is 1. The van der Waals surface area contributed by atoms with Crippen LogP contribution in [0.1, 0.15) is 33.5 Å². The molecule has 6 rings (SSSR count). The Morgan fingerprint density at radius 2 is 1.62 bits per heavy atom. The number of carbonyl (C=O) groups is 1. The third kappa shape index (κ3) is 3.57. The van der Waals surface area contributed by atoms with Gasteiger partial charge in [0.05, 0.1) is 18.7 Å². The van der Waals surface area contributed by atoms with E-state index in [2.05, 4.69) is 6.07 Å². The summed E-state index contributed by atoms with van der Waals surface area (Å²) in [5.41, 5.74) is 8.99. The SMILES string of the molecule is Cc1cccc(CN2C(=O)C3(C(C#N)=C(N)Oc4cc(C)n(Cc5ccccc5)c(=O)c43)c3ccccc32)c1. The van der Waals surface area contributed by atoms with Crippen LogP contribution in [0.25, 0.3) is 0 Å². The second-order valence-corrected chi connectivity index (χ2v) is 10.0. The van der Waals surface area contributed by atoms with Crippen LogP contribution in [0, 0.1) is 25.2 Å². The number of ether oxygens (including phenoxy) is 1. The molecule has 0 fully saturated rings. The van der Waals surface area contributed by atoms with E-state index in [0.717, 1.165) is 16.7 Å². The lowest BCUT2D eigenvalue weighted by atomic mass is 9.69. The zero-order valence-electron chi connectivity index (χ0n) is 21.6. The van der Waals surface area contributed by atoms with Crippen LogP contribution in [0.15, 0.2) is 101 Å². The summed E-state index contributed by atoms with van der Waals surface area (Å²) in [6.45, 7) is 4.39. The normalized spacial score (nSPS) is 17.6. The van der Waals surface area contributed by atoms with Crippen molar-refractivity contribution in [2.75, 3.05) is 4.90 Å². The molecule has 1 amide bonds. The summed E-state index contributed by atoms with van der Waals surface area (Å²) < 4.78 is 7.49. The molecule has 1 spiro atoms. The van der Waals surface area contributed by atoms with Gasteiger partial charge in [-0.15, -0.1) is 0 Å². The van der Waals surface area contributed by atoms with Gasteiger partial charge in [0.1, 0.15) is 17.4 Å². The molecule has 0 aliphatic carbocycles. The highest BCUT2D eigenvalue weighted by Crippen LogP contribution is 2.54. The zero-order valence-corrected chi connectivity index (χ0v) is 21.6. The Morgan fingerprint density at radius 3 is 2.36 bits per heavy atom. The number of nitriles is 1. The summed E-state index contributed by atoms with van der Waals surface area (Å²) in [4.78, 5) is 30.7. The van der Waals surface area contributed by atoms with Crippen LogP contribution in [0.3, 0.4) is 0 Å². The number of nitrogens with zero attached hydrogens (tertiary/aromatic N) is 3. The maximum atomic E-state index is 14.7. The van der Waals surface area contributed by atoms with E-state index in [1.807, 2.05) is 80.6 Å². The average molecular weight is 515 g/mol. The Hall–Kier alpha value is -5.09. The van der Waals surface area contributed by atoms with Crippen LogP contribution in [0.2, 0.25) is 0 Å². The third-order valence-electron chi connectivity index (χ3n) is 7.57. The van der Waals surface area contributed by atoms with Crippen LogP contribution in [0.5, 0.6) is 5.75 Å². The number of hydrogen-bond acceptors (Lipinski definition) is 5. The molecular weight excluding hydrogens is 488 g/mol. The van der Waals surface area contributed by atoms with Crippen LogP contribution in [-0.4, -0.2) is 10.5 Å². The molecule has 3 heterocycles. The van der Waals surface area contributed by atoms with Crippen LogP contribution < -0.4 is 20.9 Å². The van der Waals surface area contributed by atoms with Gasteiger partial charge in [-0.25, -0.2) is 0 Å². The molecule has 3 aromatic carbocycles. The number of fused-ring (bicyclic) bond motifs is 4. The number of nitrogens with two attached hydrogens (primary N) is 1. The van der Waals surface area contributed by atoms with Gasteiger partial charge in [-0.1, -0.05) is 78.4 Å². The van der Waals surface area contributed by atoms with Crippen LogP contribution >= 0.6 is 0 Å². The van der Waals surface area contributed by atoms with Crippen LogP contribution in [-0.2, 0) is 23.3 Å². The van der Waals surface area contributed by atoms with Crippen molar-refractivity contribution in [3.8, 4) is 11.8 Å². The molecule has 7 nitrogen and oxygen atoms in total. The van der Waals surface area contributed by atoms with Crippen molar-refractivity contribution in [2.45, 2.75) is 32.4 Å². The number of rotatable bonds is 4. The Morgan fingerprint density at radius 1 is 0.897 bits per heavy atom. The largest absolute Gasteiger partial charge is 0.440 e. The Labute approximate surface area is 226 Å². The number of pyridine rings is 1. The lowest BCUT2D eigenvalue weighted by Crippen LogP contribution is -2.50. The Balaban J connectivity index is 1.62. The maximum absolute atomic E-state index is 14.7. The number of aromatic nitrogens is 1. The first-order valence-electron chi connectivity index (χ1n) is 12.7. The van der Waals surface area contributed by atoms with E-state index in [4.69, 9.17) is 10.5 Å². The van der Waals surface area contributed by atoms with Gasteiger partial charge >= 0.3 is 0 Å². The van der Waals surface area contributed by atoms with Gasteiger partial charge in [-0.05, 0) is 31.0 Å². The molecule has 2 aliphatic rings. The van der Waals surface area contributed by atoms with E-state index in [9.17, 15) is 14.9 Å². The highest BCUT2D eigenvalue weighted by Gasteiger charge is 2.60. The summed E-state index contributed by atoms with van der Waals surface area (Å²) >= 11 is 0. The van der Waals surface area contributed by atoms with Crippen molar-refractivity contribution in [1.82, 2.24) is 4.57 Å². The van der Waals surface area contributed by atoms with Crippen molar-refractivity contribution in [3.05, 3.63) is 140 Å². The van der Waals surface area contributed by atoms with Gasteiger partial charge in [-0.3, -0.25) is 9.59 Å². The average Bonchev–Trinajstić information content (AvgIpc) is 3.15. The van der Waals surface area contributed by atoms with Gasteiger partial charge in [0.15, 0.2) is 5.41 Å². The minimum atomic E-state index is -1.73. The van der Waals surface area contributed by atoms with Gasteiger partial charge < -0.3 is 19.9 Å². The second kappa shape index (κ2) is 9.03. The third-order valence-corrected chi connectivity index (χ3v) is 7.57. The number of benzene rings is 3. The highest BCUT2D eigenvalue weighted by molar-refractivity contribution is 6.14. The fourth-order valence-electron chi connectivity index (χ4n) is 5.83. The summed E-state index contributed by atoms with van der Waals surface area (Å²) in [7, 11) is 0. The molecule has 0 saturated carbocycles. The number of carbonyl (C=O) groups excluding carboxylic acids is 1. The number of amides is 1. The molecule has 2 N–H and O–H groups in total. The van der Waals surface area contributed by atoms with E-state index in [-0.39, 0.29) is 29.3 Å². The van der Waals surface area contributed by atoms with Crippen LogP contribution in [0.4, 0.5) is 5.69 Å². The van der Waals surface area contributed by atoms with Gasteiger partial charge in [0, 0.05) is 23.0 Å². The molecule has 1 unspecified atom stereocenters. The molecule has 1 atom stereocenters. The van der Waals surface area contributed by atoms with Gasteiger partial charge in [0.25, 0.3) is 5.56 Å². The van der Waals surface area contributed by atoms with E-state index >= 15 is 0 Å². The predicted octanol–water partition coefficient (Wildman–Crippen LogP) is 4.43. The molecule has 39 heavy (non-hydrogen) atoms. The summed E-state index contributed by atoms with van der Waals surface area (Å²) in [5, 5.41) is 10.4. The van der Waals surface area contributed by atoms with E-state index in [0.29, 0.717) is 23.5 Å². The van der Waals surface area contributed by atoms with E-state index in [1.54, 1.807) is 27.7 Å². The zero-order chi connectivity index (χ0) is 27.3. The number of aryl methyl sites for hydroxylation is 2. The molecule has 4 aromatic rings. The molecule has 1 aromatic heterocycles. The summed E-state index contributed by atoms with van der Waals surface area (Å²) in [6.07, 6.45) is 0. The molecular formula is C32H26N4O3. The van der Waals surface area contributed by atoms with Crippen molar-refractivity contribution >= 4 is 11.6 Å². The first-order valence-corrected chi connectivity index (χ1v) is 12.7. The standard InChI is InChI=1S/C32H26N4O3/c1-20-9-8-12-23(15-20)19-36-26-14-7-6-13-24(26)32(31(36)38)25(17-33)29(34)39-27-16-21(2)35(30(37)28(27)32)18-22-10-4-3-5-11-22/h3-16H,18-19,34H2,1-2H3. The van der Waals surface area contributed by atoms with Crippen molar-refractivity contribution < 1.29 is 9.53 Å². The quantitative estimate of drug-likeness (QED) is 0.434. The highest BCUT2D eigenvalue weighted by atomic mass is 16.5. The Bertz CT molecular complexity index is 1780. The van der Waals surface area contributed by atoms with Gasteiger partial charge in [0.2, 0.25) is 11.8 Å². The first-order chi connectivity index (χ1) is 18.9. The summed E-state index contributed by atoms with van der Waals surface area (Å²) in [5.74, 6) is -0.384. The molecule has 0 radical (unpaired) electrons. The molecule has 2 aliphatic heterocycles. The lowest BCUT2D eigenvalue weighted by Gasteiger charge is -2.34. The predicted molar refractivity (Wildman–Crippen MR) is 148 cm³/mol. The number of anilines is 1. The summed E-state index contributed by atoms with van der Waals surface area (Å²) in [6, 6.07) is 28.7. The minimum absolute atomic E-state index is 0.0774. The van der Waals surface area contributed by atoms with Crippen molar-refractivity contribution in [1.29, 1.82) is 5.26 Å². The fourth-order valence-corrected chi connectivity index (χ4v) is 5.83. The van der Waals surface area contributed by atoms with Crippen molar-refractivity contribution in [3.63, 3.8) is 0 Å². The molecule has 0 saturated heterocycles. The smallest absolute Gasteiger partial charge is 0.259 e. The second-order valence-electron chi connectivity index (χ2n) is 10.0. The molecule has 0 bridgehead atoms. The lowest BCUT2D eigenvalue weighted by molar-refractivity contribution is -0.121. The van der Waals surface area contributed by atoms with Crippen molar-refractivity contribution in [2.24, 2.45) is 5.73 Å². The van der Waals surface area contributed by atoms with Gasteiger partial charge in [-0.2, -0.15) is 5.26 Å². The molecule has 7 heteroatoms. The maximum Gasteiger partial charge on any atom is 0.259 e. The first kappa shape index (κ1) is 24.3. The number of para-hydroxylation sites is 1. The topological polar surface area (TPSA) is 101 Å². The fraction of sp³-hybridized carbons (Fsp3) is 0.156. The monoisotopic (exact) mass is 514 g/mol. The Kier molecular flexibility index (Phi) is 5.62. The molecule has 192 valence electrons. The minimum Gasteiger partial charge on any atom is -0.440 e. The van der Waals surface area contributed by atoms with E-state index < -0.39 is 16.9 Å².